The molecular weight excluding hydrogens is 330 g/mol. The van der Waals surface area contributed by atoms with Gasteiger partial charge in [0.1, 0.15) is 5.54 Å². The summed E-state index contributed by atoms with van der Waals surface area (Å²) < 4.78 is 5.82. The summed E-state index contributed by atoms with van der Waals surface area (Å²) in [7, 11) is 0. The lowest BCUT2D eigenvalue weighted by Gasteiger charge is -2.65. The Balaban J connectivity index is 0.00000208. The Morgan fingerprint density at radius 1 is 1.21 bits per heavy atom. The Morgan fingerprint density at radius 2 is 1.88 bits per heavy atom. The van der Waals surface area contributed by atoms with Crippen molar-refractivity contribution < 1.29 is 14.3 Å². The van der Waals surface area contributed by atoms with Crippen molar-refractivity contribution >= 4 is 24.2 Å². The Kier molecular flexibility index (Phi) is 5.83. The summed E-state index contributed by atoms with van der Waals surface area (Å²) in [6.07, 6.45) is 5.18. The van der Waals surface area contributed by atoms with Crippen molar-refractivity contribution in [2.75, 3.05) is 26.2 Å². The van der Waals surface area contributed by atoms with Gasteiger partial charge in [-0.3, -0.25) is 9.59 Å². The van der Waals surface area contributed by atoms with Crippen LogP contribution in [0.25, 0.3) is 0 Å². The number of hydrogen-bond donors (Lipinski definition) is 2. The van der Waals surface area contributed by atoms with Gasteiger partial charge in [-0.25, -0.2) is 0 Å². The highest BCUT2D eigenvalue weighted by atomic mass is 35.5. The molecule has 0 spiro atoms. The van der Waals surface area contributed by atoms with Crippen LogP contribution in [0.2, 0.25) is 0 Å². The molecule has 3 aliphatic rings. The zero-order valence-corrected chi connectivity index (χ0v) is 15.5. The number of hydrogen-bond acceptors (Lipinski definition) is 4. The molecular formula is C17H30ClN3O3. The van der Waals surface area contributed by atoms with Crippen molar-refractivity contribution in [3.63, 3.8) is 0 Å². The number of piperidine rings is 1. The van der Waals surface area contributed by atoms with Gasteiger partial charge in [-0.15, -0.1) is 12.4 Å². The summed E-state index contributed by atoms with van der Waals surface area (Å²) in [5, 5.41) is 2.80. The quantitative estimate of drug-likeness (QED) is 0.789. The molecule has 2 aliphatic heterocycles. The van der Waals surface area contributed by atoms with Crippen LogP contribution in [0, 0.1) is 11.3 Å². The van der Waals surface area contributed by atoms with Gasteiger partial charge in [-0.05, 0) is 32.1 Å². The molecule has 3 N–H and O–H groups in total. The molecule has 1 saturated carbocycles. The number of nitrogens with zero attached hydrogens (tertiary/aromatic N) is 1. The SMILES string of the molecule is CC1(C)C2OCCCC2C1(N)C(=O)NCC(=O)N1CCCCC1.Cl. The molecule has 2 saturated heterocycles. The minimum atomic E-state index is -0.944. The fourth-order valence-corrected chi connectivity index (χ4v) is 4.59. The minimum absolute atomic E-state index is 0. The van der Waals surface area contributed by atoms with E-state index >= 15 is 0 Å². The zero-order valence-electron chi connectivity index (χ0n) is 14.7. The first-order valence-corrected chi connectivity index (χ1v) is 8.85. The third-order valence-electron chi connectivity index (χ3n) is 6.17. The van der Waals surface area contributed by atoms with Crippen molar-refractivity contribution in [3.8, 4) is 0 Å². The van der Waals surface area contributed by atoms with Crippen LogP contribution < -0.4 is 11.1 Å². The molecule has 0 radical (unpaired) electrons. The van der Waals surface area contributed by atoms with Crippen molar-refractivity contribution in [2.45, 2.75) is 57.6 Å². The Morgan fingerprint density at radius 3 is 2.54 bits per heavy atom. The highest BCUT2D eigenvalue weighted by molar-refractivity contribution is 5.92. The van der Waals surface area contributed by atoms with Crippen LogP contribution >= 0.6 is 12.4 Å². The van der Waals surface area contributed by atoms with Crippen LogP contribution in [0.4, 0.5) is 0 Å². The van der Waals surface area contributed by atoms with Gasteiger partial charge in [-0.2, -0.15) is 0 Å². The number of halogens is 1. The maximum atomic E-state index is 12.7. The van der Waals surface area contributed by atoms with Crippen LogP contribution in [0.5, 0.6) is 0 Å². The van der Waals surface area contributed by atoms with E-state index in [9.17, 15) is 9.59 Å². The first-order valence-electron chi connectivity index (χ1n) is 8.85. The third kappa shape index (κ3) is 2.93. The number of fused-ring (bicyclic) bond motifs is 1. The zero-order chi connectivity index (χ0) is 16.7. The molecule has 0 bridgehead atoms. The molecule has 3 atom stereocenters. The van der Waals surface area contributed by atoms with Crippen molar-refractivity contribution in [3.05, 3.63) is 0 Å². The van der Waals surface area contributed by atoms with E-state index in [2.05, 4.69) is 5.32 Å². The van der Waals surface area contributed by atoms with E-state index in [1.165, 1.54) is 6.42 Å². The number of ether oxygens (including phenoxy) is 1. The topological polar surface area (TPSA) is 84.7 Å². The second-order valence-corrected chi connectivity index (χ2v) is 7.75. The largest absolute Gasteiger partial charge is 0.377 e. The number of amides is 2. The molecule has 0 aromatic rings. The summed E-state index contributed by atoms with van der Waals surface area (Å²) in [6.45, 7) is 6.37. The number of rotatable bonds is 3. The molecule has 7 heteroatoms. The van der Waals surface area contributed by atoms with Crippen LogP contribution in [0.3, 0.4) is 0 Å². The molecule has 6 nitrogen and oxygen atoms in total. The molecule has 138 valence electrons. The van der Waals surface area contributed by atoms with Gasteiger partial charge < -0.3 is 20.7 Å². The molecule has 3 fully saturated rings. The fourth-order valence-electron chi connectivity index (χ4n) is 4.59. The Labute approximate surface area is 150 Å². The minimum Gasteiger partial charge on any atom is -0.377 e. The fraction of sp³-hybridized carbons (Fsp3) is 0.882. The summed E-state index contributed by atoms with van der Waals surface area (Å²) in [4.78, 5) is 26.8. The lowest BCUT2D eigenvalue weighted by molar-refractivity contribution is -0.225. The van der Waals surface area contributed by atoms with Gasteiger partial charge in [0.05, 0.1) is 12.6 Å². The van der Waals surface area contributed by atoms with E-state index < -0.39 is 11.0 Å². The van der Waals surface area contributed by atoms with Crippen molar-refractivity contribution in [1.82, 2.24) is 10.2 Å². The van der Waals surface area contributed by atoms with E-state index in [1.807, 2.05) is 18.7 Å². The molecule has 1 aliphatic carbocycles. The normalized spacial score (nSPS) is 34.4. The maximum absolute atomic E-state index is 12.7. The monoisotopic (exact) mass is 359 g/mol. The summed E-state index contributed by atoms with van der Waals surface area (Å²) in [5.41, 5.74) is 5.18. The highest BCUT2D eigenvalue weighted by Gasteiger charge is 2.70. The smallest absolute Gasteiger partial charge is 0.241 e. The Bertz CT molecular complexity index is 493. The van der Waals surface area contributed by atoms with Gasteiger partial charge in [0, 0.05) is 31.0 Å². The molecule has 0 aromatic heterocycles. The van der Waals surface area contributed by atoms with Crippen LogP contribution in [-0.4, -0.2) is 54.6 Å². The molecule has 3 unspecified atom stereocenters. The average molecular weight is 360 g/mol. The number of carbonyl (C=O) groups is 2. The van der Waals surface area contributed by atoms with E-state index in [1.54, 1.807) is 0 Å². The van der Waals surface area contributed by atoms with Crippen LogP contribution in [-0.2, 0) is 14.3 Å². The predicted molar refractivity (Wildman–Crippen MR) is 93.9 cm³/mol. The molecule has 3 rings (SSSR count). The third-order valence-corrected chi connectivity index (χ3v) is 6.17. The van der Waals surface area contributed by atoms with E-state index in [0.717, 1.165) is 45.4 Å². The highest BCUT2D eigenvalue weighted by Crippen LogP contribution is 2.57. The maximum Gasteiger partial charge on any atom is 0.241 e. The van der Waals surface area contributed by atoms with Crippen LogP contribution in [0.1, 0.15) is 46.0 Å². The van der Waals surface area contributed by atoms with E-state index in [4.69, 9.17) is 10.5 Å². The van der Waals surface area contributed by atoms with E-state index in [0.29, 0.717) is 0 Å². The lowest BCUT2D eigenvalue weighted by atomic mass is 9.46. The van der Waals surface area contributed by atoms with Gasteiger partial charge in [0.25, 0.3) is 0 Å². The van der Waals surface area contributed by atoms with Gasteiger partial charge >= 0.3 is 0 Å². The first kappa shape index (κ1) is 19.5. The predicted octanol–water partition coefficient (Wildman–Crippen LogP) is 1.07. The average Bonchev–Trinajstić information content (AvgIpc) is 2.59. The molecule has 2 heterocycles. The van der Waals surface area contributed by atoms with Gasteiger partial charge in [0.15, 0.2) is 0 Å². The summed E-state index contributed by atoms with van der Waals surface area (Å²) in [6, 6.07) is 0. The number of likely N-dealkylation sites (tertiary alicyclic amines) is 1. The summed E-state index contributed by atoms with van der Waals surface area (Å²) >= 11 is 0. The lowest BCUT2D eigenvalue weighted by Crippen LogP contribution is -2.82. The van der Waals surface area contributed by atoms with Crippen LogP contribution in [0.15, 0.2) is 0 Å². The number of carbonyl (C=O) groups excluding carboxylic acids is 2. The molecule has 24 heavy (non-hydrogen) atoms. The second kappa shape index (κ2) is 7.18. The number of nitrogens with two attached hydrogens (primary N) is 1. The number of nitrogens with one attached hydrogen (secondary N) is 1. The van der Waals surface area contributed by atoms with Gasteiger partial charge in [-0.1, -0.05) is 13.8 Å². The van der Waals surface area contributed by atoms with Crippen molar-refractivity contribution in [2.24, 2.45) is 17.1 Å². The first-order chi connectivity index (χ1) is 10.9. The standard InChI is InChI=1S/C17H29N3O3.ClH/c1-16(2)14-12(7-6-10-23-14)17(16,18)15(22)19-11-13(21)20-8-4-3-5-9-20;/h12,14H,3-11,18H2,1-2H3,(H,19,22);1H. The Hall–Kier alpha value is -0.850. The van der Waals surface area contributed by atoms with E-state index in [-0.39, 0.29) is 42.8 Å². The van der Waals surface area contributed by atoms with Crippen molar-refractivity contribution in [1.29, 1.82) is 0 Å². The van der Waals surface area contributed by atoms with Gasteiger partial charge in [0.2, 0.25) is 11.8 Å². The molecule has 0 aromatic carbocycles. The molecule has 2 amide bonds. The second-order valence-electron chi connectivity index (χ2n) is 7.75. The summed E-state index contributed by atoms with van der Waals surface area (Å²) in [5.74, 6) is -0.161.